The molecule has 3 aromatic rings. The van der Waals surface area contributed by atoms with Crippen molar-refractivity contribution in [3.8, 4) is 5.75 Å². The number of ether oxygens (including phenoxy) is 2. The van der Waals surface area contributed by atoms with Crippen molar-refractivity contribution in [2.75, 3.05) is 13.7 Å². The largest absolute Gasteiger partial charge is 0.493 e. The smallest absolute Gasteiger partial charge is 0.325 e. The lowest BCUT2D eigenvalue weighted by Crippen LogP contribution is -2.23. The Morgan fingerprint density at radius 1 is 1.14 bits per heavy atom. The van der Waals surface area contributed by atoms with Crippen LogP contribution in [0.25, 0.3) is 10.2 Å². The number of para-hydroxylation sites is 1. The minimum atomic E-state index is -0.388. The lowest BCUT2D eigenvalue weighted by molar-refractivity contribution is -0.141. The fourth-order valence-corrected chi connectivity index (χ4v) is 4.18. The number of fused-ring (bicyclic) bond motifs is 1. The van der Waals surface area contributed by atoms with E-state index in [1.54, 1.807) is 4.57 Å². The number of nitrogens with zero attached hydrogens (tertiary/aromatic N) is 2. The lowest BCUT2D eigenvalue weighted by atomic mass is 10.1. The Morgan fingerprint density at radius 2 is 1.89 bits per heavy atom. The van der Waals surface area contributed by atoms with Crippen LogP contribution >= 0.6 is 11.3 Å². The molecule has 0 fully saturated rings. The van der Waals surface area contributed by atoms with Crippen molar-refractivity contribution in [2.24, 2.45) is 4.99 Å². The van der Waals surface area contributed by atoms with E-state index in [-0.39, 0.29) is 31.4 Å². The third-order valence-corrected chi connectivity index (χ3v) is 5.20. The predicted molar refractivity (Wildman–Crippen MR) is 108 cm³/mol. The Morgan fingerprint density at radius 3 is 2.61 bits per heavy atom. The van der Waals surface area contributed by atoms with Crippen LogP contribution in [0, 0.1) is 13.8 Å². The molecule has 2 aromatic carbocycles. The van der Waals surface area contributed by atoms with E-state index in [9.17, 15) is 9.59 Å². The second kappa shape index (κ2) is 8.84. The van der Waals surface area contributed by atoms with E-state index in [1.165, 1.54) is 18.4 Å². The molecular weight excluding hydrogens is 376 g/mol. The minimum absolute atomic E-state index is 0.00697. The first-order valence-corrected chi connectivity index (χ1v) is 9.72. The molecule has 146 valence electrons. The molecule has 0 unspecified atom stereocenters. The Kier molecular flexibility index (Phi) is 6.26. The summed E-state index contributed by atoms with van der Waals surface area (Å²) in [6, 6.07) is 13.4. The summed E-state index contributed by atoms with van der Waals surface area (Å²) in [6.45, 7) is 4.24. The van der Waals surface area contributed by atoms with Gasteiger partial charge in [-0.2, -0.15) is 4.99 Å². The van der Waals surface area contributed by atoms with Gasteiger partial charge in [-0.15, -0.1) is 0 Å². The van der Waals surface area contributed by atoms with Crippen molar-refractivity contribution < 1.29 is 19.1 Å². The number of carbonyl (C=O) groups is 2. The fourth-order valence-electron chi connectivity index (χ4n) is 2.95. The summed E-state index contributed by atoms with van der Waals surface area (Å²) in [4.78, 5) is 29.0. The van der Waals surface area contributed by atoms with Crippen molar-refractivity contribution in [2.45, 2.75) is 26.8 Å². The lowest BCUT2D eigenvalue weighted by Gasteiger charge is -2.07. The maximum Gasteiger partial charge on any atom is 0.325 e. The van der Waals surface area contributed by atoms with Crippen LogP contribution in [0.15, 0.2) is 47.5 Å². The Labute approximate surface area is 167 Å². The van der Waals surface area contributed by atoms with E-state index in [1.807, 2.05) is 56.3 Å². The molecule has 0 aliphatic rings. The van der Waals surface area contributed by atoms with E-state index < -0.39 is 0 Å². The van der Waals surface area contributed by atoms with E-state index in [0.29, 0.717) is 10.6 Å². The van der Waals surface area contributed by atoms with E-state index >= 15 is 0 Å². The number of hydrogen-bond acceptors (Lipinski definition) is 5. The number of carbonyl (C=O) groups excluding carboxylic acids is 2. The van der Waals surface area contributed by atoms with Crippen molar-refractivity contribution >= 4 is 33.4 Å². The average molecular weight is 398 g/mol. The number of rotatable bonds is 6. The third-order valence-electron chi connectivity index (χ3n) is 4.18. The van der Waals surface area contributed by atoms with Crippen LogP contribution < -0.4 is 9.54 Å². The predicted octanol–water partition coefficient (Wildman–Crippen LogP) is 3.39. The summed E-state index contributed by atoms with van der Waals surface area (Å²) in [5.74, 6) is 0.0282. The van der Waals surface area contributed by atoms with Gasteiger partial charge in [0, 0.05) is 0 Å². The van der Waals surface area contributed by atoms with Crippen LogP contribution in [0.5, 0.6) is 5.75 Å². The Bertz CT molecular complexity index is 1070. The summed E-state index contributed by atoms with van der Waals surface area (Å²) in [5.41, 5.74) is 3.04. The highest BCUT2D eigenvalue weighted by molar-refractivity contribution is 7.16. The van der Waals surface area contributed by atoms with Gasteiger partial charge in [-0.25, -0.2) is 0 Å². The molecule has 0 bridgehead atoms. The molecule has 1 amide bonds. The van der Waals surface area contributed by atoms with Crippen molar-refractivity contribution in [3.05, 3.63) is 58.4 Å². The molecule has 7 heteroatoms. The van der Waals surface area contributed by atoms with Gasteiger partial charge in [-0.3, -0.25) is 9.59 Å². The zero-order valence-electron chi connectivity index (χ0n) is 16.1. The molecule has 0 saturated carbocycles. The molecule has 6 nitrogen and oxygen atoms in total. The SMILES string of the molecule is COC(=O)Cn1c(=NC(=O)CCOc2ccccc2)sc2cc(C)cc(C)c21. The first-order valence-electron chi connectivity index (χ1n) is 8.90. The van der Waals surface area contributed by atoms with E-state index in [4.69, 9.17) is 9.47 Å². The van der Waals surface area contributed by atoms with Crippen LogP contribution in [0.3, 0.4) is 0 Å². The first kappa shape index (κ1) is 19.8. The number of aromatic nitrogens is 1. The zero-order chi connectivity index (χ0) is 20.1. The Balaban J connectivity index is 1.87. The van der Waals surface area contributed by atoms with Gasteiger partial charge in [-0.1, -0.05) is 35.6 Å². The van der Waals surface area contributed by atoms with Gasteiger partial charge in [-0.05, 0) is 43.2 Å². The number of amides is 1. The van der Waals surface area contributed by atoms with E-state index in [2.05, 4.69) is 4.99 Å². The third kappa shape index (κ3) is 4.67. The molecular formula is C21H22N2O4S. The second-order valence-electron chi connectivity index (χ2n) is 6.39. The van der Waals surface area contributed by atoms with Crippen molar-refractivity contribution in [1.82, 2.24) is 4.57 Å². The van der Waals surface area contributed by atoms with Gasteiger partial charge < -0.3 is 14.0 Å². The molecule has 28 heavy (non-hydrogen) atoms. The number of methoxy groups -OCH3 is 1. The average Bonchev–Trinajstić information content (AvgIpc) is 2.99. The summed E-state index contributed by atoms with van der Waals surface area (Å²) >= 11 is 1.39. The summed E-state index contributed by atoms with van der Waals surface area (Å²) in [7, 11) is 1.34. The quantitative estimate of drug-likeness (QED) is 0.597. The number of thiazole rings is 1. The number of benzene rings is 2. The molecule has 1 aromatic heterocycles. The maximum absolute atomic E-state index is 12.4. The van der Waals surface area contributed by atoms with Crippen LogP contribution in [0.1, 0.15) is 17.5 Å². The maximum atomic E-state index is 12.4. The van der Waals surface area contributed by atoms with Gasteiger partial charge >= 0.3 is 5.97 Å². The molecule has 0 atom stereocenters. The highest BCUT2D eigenvalue weighted by atomic mass is 32.1. The van der Waals surface area contributed by atoms with Gasteiger partial charge in [0.1, 0.15) is 12.3 Å². The molecule has 0 N–H and O–H groups in total. The van der Waals surface area contributed by atoms with Crippen LogP contribution in [-0.4, -0.2) is 30.2 Å². The van der Waals surface area contributed by atoms with Crippen LogP contribution in [0.4, 0.5) is 0 Å². The highest BCUT2D eigenvalue weighted by Crippen LogP contribution is 2.23. The molecule has 3 rings (SSSR count). The van der Waals surface area contributed by atoms with Crippen LogP contribution in [-0.2, 0) is 20.9 Å². The highest BCUT2D eigenvalue weighted by Gasteiger charge is 2.14. The van der Waals surface area contributed by atoms with Crippen molar-refractivity contribution in [1.29, 1.82) is 0 Å². The number of hydrogen-bond donors (Lipinski definition) is 0. The molecule has 0 spiro atoms. The number of aryl methyl sites for hydroxylation is 2. The zero-order valence-corrected chi connectivity index (χ0v) is 16.9. The second-order valence-corrected chi connectivity index (χ2v) is 7.40. The fraction of sp³-hybridized carbons (Fsp3) is 0.286. The summed E-state index contributed by atoms with van der Waals surface area (Å²) in [5, 5.41) is 0. The molecule has 0 saturated heterocycles. The summed E-state index contributed by atoms with van der Waals surface area (Å²) in [6.07, 6.45) is 0.152. The van der Waals surface area contributed by atoms with Crippen LogP contribution in [0.2, 0.25) is 0 Å². The van der Waals surface area contributed by atoms with Gasteiger partial charge in [0.15, 0.2) is 4.80 Å². The molecule has 0 aliphatic carbocycles. The summed E-state index contributed by atoms with van der Waals surface area (Å²) < 4.78 is 13.1. The first-order chi connectivity index (χ1) is 13.5. The molecule has 0 radical (unpaired) electrons. The monoisotopic (exact) mass is 398 g/mol. The normalized spacial score (nSPS) is 11.6. The molecule has 0 aliphatic heterocycles. The van der Waals surface area contributed by atoms with Gasteiger partial charge in [0.05, 0.1) is 30.4 Å². The van der Waals surface area contributed by atoms with Gasteiger partial charge in [0.2, 0.25) is 0 Å². The Hall–Kier alpha value is -2.93. The van der Waals surface area contributed by atoms with Crippen molar-refractivity contribution in [3.63, 3.8) is 0 Å². The van der Waals surface area contributed by atoms with E-state index in [0.717, 1.165) is 21.3 Å². The molecule has 1 heterocycles. The standard InChI is InChI=1S/C21H22N2O4S/c1-14-11-15(2)20-17(12-14)28-21(23(20)13-19(25)26-3)22-18(24)9-10-27-16-7-5-4-6-8-16/h4-8,11-12H,9-10,13H2,1-3H3. The topological polar surface area (TPSA) is 69.9 Å². The van der Waals surface area contributed by atoms with Gasteiger partial charge in [0.25, 0.3) is 5.91 Å². The number of esters is 1. The minimum Gasteiger partial charge on any atom is -0.493 e.